The highest BCUT2D eigenvalue weighted by Crippen LogP contribution is 2.17. The van der Waals surface area contributed by atoms with Crippen molar-refractivity contribution in [2.75, 3.05) is 0 Å². The highest BCUT2D eigenvalue weighted by Gasteiger charge is 2.15. The van der Waals surface area contributed by atoms with E-state index in [1.165, 1.54) is 17.9 Å². The lowest BCUT2D eigenvalue weighted by molar-refractivity contribution is 0.529. The van der Waals surface area contributed by atoms with Gasteiger partial charge >= 0.3 is 0 Å². The van der Waals surface area contributed by atoms with Crippen molar-refractivity contribution in [1.29, 1.82) is 0 Å². The van der Waals surface area contributed by atoms with Crippen LogP contribution in [0.5, 0.6) is 0 Å². The Morgan fingerprint density at radius 2 is 2.53 bits per heavy atom. The van der Waals surface area contributed by atoms with Crippen LogP contribution in [0.4, 0.5) is 0 Å². The molecule has 0 spiro atoms. The molecule has 0 saturated carbocycles. The third-order valence-corrected chi connectivity index (χ3v) is 2.89. The predicted molar refractivity (Wildman–Crippen MR) is 54.7 cm³/mol. The number of nitrogens with zero attached hydrogens (tertiary/aromatic N) is 5. The molecule has 0 fully saturated rings. The SMILES string of the molecule is Cn1ncnc1CC(NN)c1cnns1. The zero-order valence-corrected chi connectivity index (χ0v) is 8.98. The van der Waals surface area contributed by atoms with Crippen molar-refractivity contribution in [2.24, 2.45) is 12.9 Å². The van der Waals surface area contributed by atoms with Crippen LogP contribution in [-0.4, -0.2) is 24.4 Å². The molecule has 0 aliphatic rings. The van der Waals surface area contributed by atoms with Gasteiger partial charge in [-0.3, -0.25) is 16.0 Å². The van der Waals surface area contributed by atoms with Crippen molar-refractivity contribution >= 4 is 11.5 Å². The number of nitrogens with two attached hydrogens (primary N) is 1. The molecule has 0 aliphatic heterocycles. The van der Waals surface area contributed by atoms with Gasteiger partial charge in [0.2, 0.25) is 0 Å². The van der Waals surface area contributed by atoms with Crippen molar-refractivity contribution < 1.29 is 0 Å². The van der Waals surface area contributed by atoms with E-state index in [4.69, 9.17) is 5.84 Å². The van der Waals surface area contributed by atoms with Gasteiger partial charge in [-0.05, 0) is 11.5 Å². The maximum atomic E-state index is 5.47. The summed E-state index contributed by atoms with van der Waals surface area (Å²) in [7, 11) is 1.85. The smallest absolute Gasteiger partial charge is 0.138 e. The molecule has 2 aromatic rings. The average Bonchev–Trinajstić information content (AvgIpc) is 2.86. The number of hydrogen-bond donors (Lipinski definition) is 2. The lowest BCUT2D eigenvalue weighted by Gasteiger charge is -2.11. The predicted octanol–water partition coefficient (Wildman–Crippen LogP) is -0.586. The molecule has 0 aromatic carbocycles. The monoisotopic (exact) mass is 225 g/mol. The van der Waals surface area contributed by atoms with Gasteiger partial charge in [0.15, 0.2) is 0 Å². The molecule has 8 heteroatoms. The highest BCUT2D eigenvalue weighted by atomic mass is 32.1. The van der Waals surface area contributed by atoms with Gasteiger partial charge in [0.1, 0.15) is 12.2 Å². The van der Waals surface area contributed by atoms with Gasteiger partial charge in [-0.1, -0.05) is 4.49 Å². The zero-order chi connectivity index (χ0) is 10.7. The van der Waals surface area contributed by atoms with Crippen LogP contribution in [0.25, 0.3) is 0 Å². The molecule has 15 heavy (non-hydrogen) atoms. The summed E-state index contributed by atoms with van der Waals surface area (Å²) in [5, 5.41) is 7.77. The number of aryl methyl sites for hydroxylation is 1. The van der Waals surface area contributed by atoms with E-state index in [0.717, 1.165) is 10.7 Å². The van der Waals surface area contributed by atoms with E-state index in [2.05, 4.69) is 25.1 Å². The van der Waals surface area contributed by atoms with E-state index in [-0.39, 0.29) is 6.04 Å². The molecule has 1 unspecified atom stereocenters. The summed E-state index contributed by atoms with van der Waals surface area (Å²) >= 11 is 1.32. The molecule has 2 heterocycles. The molecular weight excluding hydrogens is 214 g/mol. The summed E-state index contributed by atoms with van der Waals surface area (Å²) in [6, 6.07) is -0.0205. The van der Waals surface area contributed by atoms with Gasteiger partial charge in [-0.25, -0.2) is 4.98 Å². The molecule has 0 aliphatic carbocycles. The van der Waals surface area contributed by atoms with Gasteiger partial charge in [0, 0.05) is 13.5 Å². The topological polar surface area (TPSA) is 94.5 Å². The number of nitrogens with one attached hydrogen (secondary N) is 1. The first-order valence-electron chi connectivity index (χ1n) is 4.37. The van der Waals surface area contributed by atoms with Crippen LogP contribution in [0.2, 0.25) is 0 Å². The van der Waals surface area contributed by atoms with E-state index < -0.39 is 0 Å². The van der Waals surface area contributed by atoms with Crippen LogP contribution in [0, 0.1) is 0 Å². The first-order valence-corrected chi connectivity index (χ1v) is 5.15. The number of aromatic nitrogens is 5. The second-order valence-electron chi connectivity index (χ2n) is 3.04. The van der Waals surface area contributed by atoms with Crippen molar-refractivity contribution in [1.82, 2.24) is 29.8 Å². The summed E-state index contributed by atoms with van der Waals surface area (Å²) in [5.41, 5.74) is 2.72. The van der Waals surface area contributed by atoms with E-state index in [1.54, 1.807) is 10.9 Å². The molecule has 0 amide bonds. The first-order chi connectivity index (χ1) is 7.31. The van der Waals surface area contributed by atoms with Crippen molar-refractivity contribution in [3.63, 3.8) is 0 Å². The lowest BCUT2D eigenvalue weighted by Crippen LogP contribution is -2.29. The molecule has 0 bridgehead atoms. The zero-order valence-electron chi connectivity index (χ0n) is 8.16. The van der Waals surface area contributed by atoms with Crippen molar-refractivity contribution in [2.45, 2.75) is 12.5 Å². The first kappa shape index (κ1) is 10.1. The number of rotatable bonds is 4. The minimum absolute atomic E-state index is 0.0205. The van der Waals surface area contributed by atoms with E-state index in [0.29, 0.717) is 6.42 Å². The van der Waals surface area contributed by atoms with E-state index in [9.17, 15) is 0 Å². The summed E-state index contributed by atoms with van der Waals surface area (Å²) in [6.45, 7) is 0. The largest absolute Gasteiger partial charge is 0.271 e. The minimum Gasteiger partial charge on any atom is -0.271 e. The van der Waals surface area contributed by atoms with Gasteiger partial charge < -0.3 is 0 Å². The Kier molecular flexibility index (Phi) is 2.99. The second kappa shape index (κ2) is 4.43. The number of hydrogen-bond acceptors (Lipinski definition) is 7. The van der Waals surface area contributed by atoms with Crippen LogP contribution in [0.3, 0.4) is 0 Å². The minimum atomic E-state index is -0.0205. The maximum absolute atomic E-state index is 5.47. The Morgan fingerprint density at radius 3 is 3.07 bits per heavy atom. The molecule has 1 atom stereocenters. The van der Waals surface area contributed by atoms with Crippen LogP contribution < -0.4 is 11.3 Å². The van der Waals surface area contributed by atoms with Gasteiger partial charge in [0.25, 0.3) is 0 Å². The van der Waals surface area contributed by atoms with Crippen molar-refractivity contribution in [3.8, 4) is 0 Å². The fourth-order valence-corrected chi connectivity index (χ4v) is 1.82. The average molecular weight is 225 g/mol. The van der Waals surface area contributed by atoms with Crippen LogP contribution in [0.1, 0.15) is 16.7 Å². The quantitative estimate of drug-likeness (QED) is 0.533. The Hall–Kier alpha value is -1.38. The normalized spacial score (nSPS) is 12.9. The molecule has 2 aromatic heterocycles. The van der Waals surface area contributed by atoms with Gasteiger partial charge in [-0.2, -0.15) is 5.10 Å². The summed E-state index contributed by atoms with van der Waals surface area (Å²) in [4.78, 5) is 5.12. The Bertz CT molecular complexity index is 409. The van der Waals surface area contributed by atoms with E-state index in [1.807, 2.05) is 7.05 Å². The summed E-state index contributed by atoms with van der Waals surface area (Å²) in [5.74, 6) is 6.34. The molecule has 0 radical (unpaired) electrons. The maximum Gasteiger partial charge on any atom is 0.138 e. The van der Waals surface area contributed by atoms with Crippen LogP contribution in [-0.2, 0) is 13.5 Å². The molecule has 2 rings (SSSR count). The Morgan fingerprint density at radius 1 is 1.67 bits per heavy atom. The molecule has 3 N–H and O–H groups in total. The molecule has 80 valence electrons. The number of hydrazine groups is 1. The second-order valence-corrected chi connectivity index (χ2v) is 3.86. The standard InChI is InChI=1S/C7H11N7S/c1-14-7(9-4-11-14)2-5(12-8)6-3-10-13-15-6/h3-5,12H,2,8H2,1H3. The lowest BCUT2D eigenvalue weighted by atomic mass is 10.2. The molecular formula is C7H11N7S. The fraction of sp³-hybridized carbons (Fsp3) is 0.429. The molecule has 7 nitrogen and oxygen atoms in total. The fourth-order valence-electron chi connectivity index (χ4n) is 1.26. The Balaban J connectivity index is 2.13. The van der Waals surface area contributed by atoms with Gasteiger partial charge in [-0.15, -0.1) is 5.10 Å². The highest BCUT2D eigenvalue weighted by molar-refractivity contribution is 7.05. The summed E-state index contributed by atoms with van der Waals surface area (Å²) < 4.78 is 5.52. The summed E-state index contributed by atoms with van der Waals surface area (Å²) in [6.07, 6.45) is 3.89. The Labute approximate surface area is 90.5 Å². The molecule has 0 saturated heterocycles. The van der Waals surface area contributed by atoms with E-state index >= 15 is 0 Å². The van der Waals surface area contributed by atoms with Crippen LogP contribution in [0.15, 0.2) is 12.5 Å². The van der Waals surface area contributed by atoms with Gasteiger partial charge in [0.05, 0.1) is 17.1 Å². The third-order valence-electron chi connectivity index (χ3n) is 2.11. The van der Waals surface area contributed by atoms with Crippen LogP contribution >= 0.6 is 11.5 Å². The third kappa shape index (κ3) is 2.17. The van der Waals surface area contributed by atoms with Crippen molar-refractivity contribution in [3.05, 3.63) is 23.2 Å².